The van der Waals surface area contributed by atoms with E-state index in [4.69, 9.17) is 9.15 Å². The molecule has 1 fully saturated rings. The first-order chi connectivity index (χ1) is 13.9. The summed E-state index contributed by atoms with van der Waals surface area (Å²) < 4.78 is 10.2. The summed E-state index contributed by atoms with van der Waals surface area (Å²) in [5, 5.41) is 13.9. The zero-order valence-electron chi connectivity index (χ0n) is 16.3. The maximum absolute atomic E-state index is 12.5. The second kappa shape index (κ2) is 8.74. The smallest absolute Gasteiger partial charge is 0.311 e. The quantitative estimate of drug-likeness (QED) is 0.535. The number of piperazine rings is 1. The van der Waals surface area contributed by atoms with Crippen LogP contribution in [0, 0.1) is 17.0 Å². The number of carbonyl (C=O) groups excluding carboxylic acids is 2. The molecule has 10 heteroatoms. The minimum atomic E-state index is -0.523. The third kappa shape index (κ3) is 4.72. The largest absolute Gasteiger partial charge is 0.490 e. The van der Waals surface area contributed by atoms with Crippen molar-refractivity contribution in [2.24, 2.45) is 0 Å². The third-order valence-corrected chi connectivity index (χ3v) is 4.90. The van der Waals surface area contributed by atoms with Gasteiger partial charge in [-0.2, -0.15) is 0 Å². The van der Waals surface area contributed by atoms with Crippen LogP contribution in [0.25, 0.3) is 0 Å². The molecule has 1 saturated heterocycles. The second-order valence-electron chi connectivity index (χ2n) is 6.84. The minimum Gasteiger partial charge on any atom is -0.490 e. The van der Waals surface area contributed by atoms with E-state index in [1.54, 1.807) is 24.0 Å². The van der Waals surface area contributed by atoms with Crippen LogP contribution in [0.2, 0.25) is 0 Å². The van der Waals surface area contributed by atoms with Crippen molar-refractivity contribution in [3.63, 3.8) is 0 Å². The van der Waals surface area contributed by atoms with E-state index < -0.39 is 4.92 Å². The molecule has 1 aromatic heterocycles. The Bertz CT molecular complexity index is 904. The molecule has 10 nitrogen and oxygen atoms in total. The zero-order chi connectivity index (χ0) is 21.0. The van der Waals surface area contributed by atoms with Crippen molar-refractivity contribution in [1.82, 2.24) is 4.90 Å². The molecule has 1 aliphatic heterocycles. The number of methoxy groups -OCH3 is 1. The Kier molecular flexibility index (Phi) is 6.13. The van der Waals surface area contributed by atoms with Gasteiger partial charge in [0.15, 0.2) is 18.1 Å². The summed E-state index contributed by atoms with van der Waals surface area (Å²) >= 11 is 0. The van der Waals surface area contributed by atoms with Gasteiger partial charge >= 0.3 is 5.69 Å². The van der Waals surface area contributed by atoms with E-state index in [2.05, 4.69) is 5.32 Å². The molecule has 3 rings (SSSR count). The maximum atomic E-state index is 12.5. The minimum absolute atomic E-state index is 0.0910. The van der Waals surface area contributed by atoms with Crippen LogP contribution in [0.1, 0.15) is 16.1 Å². The van der Waals surface area contributed by atoms with E-state index in [0.717, 1.165) is 4.90 Å². The number of furan rings is 1. The number of quaternary nitrogens is 1. The van der Waals surface area contributed by atoms with Gasteiger partial charge in [0.05, 0.1) is 44.5 Å². The van der Waals surface area contributed by atoms with Gasteiger partial charge in [-0.3, -0.25) is 19.7 Å². The Hall–Kier alpha value is -3.40. The molecule has 2 aromatic rings. The van der Waals surface area contributed by atoms with Crippen molar-refractivity contribution in [3.05, 3.63) is 52.0 Å². The maximum Gasteiger partial charge on any atom is 0.311 e. The first-order valence-electron chi connectivity index (χ1n) is 9.18. The van der Waals surface area contributed by atoms with Crippen molar-refractivity contribution in [1.29, 1.82) is 0 Å². The molecule has 2 N–H and O–H groups in total. The first kappa shape index (κ1) is 20.3. The fourth-order valence-corrected chi connectivity index (χ4v) is 3.29. The molecule has 0 saturated carbocycles. The number of nitro benzene ring substituents is 1. The van der Waals surface area contributed by atoms with E-state index in [1.165, 1.54) is 25.5 Å². The highest BCUT2D eigenvalue weighted by molar-refractivity contribution is 5.93. The van der Waals surface area contributed by atoms with Crippen LogP contribution in [-0.2, 0) is 4.79 Å². The Balaban J connectivity index is 1.55. The number of ether oxygens (including phenoxy) is 1. The molecule has 0 atom stereocenters. The van der Waals surface area contributed by atoms with Crippen LogP contribution < -0.4 is 15.0 Å². The van der Waals surface area contributed by atoms with Crippen LogP contribution in [0.3, 0.4) is 0 Å². The van der Waals surface area contributed by atoms with E-state index in [-0.39, 0.29) is 29.8 Å². The van der Waals surface area contributed by atoms with Gasteiger partial charge in [-0.15, -0.1) is 0 Å². The number of amides is 2. The summed E-state index contributed by atoms with van der Waals surface area (Å²) in [7, 11) is 1.34. The number of hydrogen-bond acceptors (Lipinski definition) is 6. The van der Waals surface area contributed by atoms with Gasteiger partial charge < -0.3 is 24.3 Å². The predicted molar refractivity (Wildman–Crippen MR) is 103 cm³/mol. The summed E-state index contributed by atoms with van der Waals surface area (Å²) in [6, 6.07) is 6.14. The number of carbonyl (C=O) groups is 2. The number of benzene rings is 1. The Labute approximate surface area is 167 Å². The average Bonchev–Trinajstić information content (AvgIpc) is 3.24. The highest BCUT2D eigenvalue weighted by Gasteiger charge is 2.27. The van der Waals surface area contributed by atoms with Gasteiger partial charge in [0.25, 0.3) is 11.8 Å². The second-order valence-corrected chi connectivity index (χ2v) is 6.84. The van der Waals surface area contributed by atoms with Crippen molar-refractivity contribution in [2.75, 3.05) is 45.2 Å². The summed E-state index contributed by atoms with van der Waals surface area (Å²) in [5.41, 5.74) is 0.907. The summed E-state index contributed by atoms with van der Waals surface area (Å²) in [6.07, 6.45) is 1.47. The molecule has 0 spiro atoms. The van der Waals surface area contributed by atoms with E-state index >= 15 is 0 Å². The molecular weight excluding hydrogens is 380 g/mol. The predicted octanol–water partition coefficient (Wildman–Crippen LogP) is 0.484. The lowest BCUT2D eigenvalue weighted by atomic mass is 10.1. The van der Waals surface area contributed by atoms with E-state index in [9.17, 15) is 19.7 Å². The van der Waals surface area contributed by atoms with Crippen LogP contribution in [0.4, 0.5) is 11.4 Å². The topological polar surface area (TPSA) is 119 Å². The number of aryl methyl sites for hydroxylation is 1. The Morgan fingerprint density at radius 2 is 2.07 bits per heavy atom. The number of hydrogen-bond donors (Lipinski definition) is 2. The number of nitrogens with one attached hydrogen (secondary N) is 2. The van der Waals surface area contributed by atoms with Crippen LogP contribution in [-0.4, -0.2) is 61.5 Å². The molecule has 154 valence electrons. The van der Waals surface area contributed by atoms with Gasteiger partial charge in [-0.25, -0.2) is 0 Å². The number of rotatable bonds is 6. The lowest BCUT2D eigenvalue weighted by Crippen LogP contribution is -3.15. The molecule has 2 amide bonds. The summed E-state index contributed by atoms with van der Waals surface area (Å²) in [5.74, 6) is 0.0546. The zero-order valence-corrected chi connectivity index (χ0v) is 16.3. The molecule has 0 radical (unpaired) electrons. The van der Waals surface area contributed by atoms with Crippen LogP contribution >= 0.6 is 0 Å². The summed E-state index contributed by atoms with van der Waals surface area (Å²) in [6.45, 7) is 4.28. The third-order valence-electron chi connectivity index (χ3n) is 4.90. The van der Waals surface area contributed by atoms with Crippen molar-refractivity contribution < 1.29 is 28.6 Å². The van der Waals surface area contributed by atoms with Gasteiger partial charge in [0, 0.05) is 17.8 Å². The number of anilines is 1. The van der Waals surface area contributed by atoms with Gasteiger partial charge in [0.1, 0.15) is 0 Å². The fraction of sp³-hybridized carbons (Fsp3) is 0.368. The van der Waals surface area contributed by atoms with Gasteiger partial charge in [0.2, 0.25) is 0 Å². The van der Waals surface area contributed by atoms with Crippen molar-refractivity contribution >= 4 is 23.2 Å². The molecule has 1 aliphatic rings. The monoisotopic (exact) mass is 403 g/mol. The molecule has 2 heterocycles. The first-order valence-corrected chi connectivity index (χ1v) is 9.18. The molecular formula is C19H23N4O6+. The normalized spacial score (nSPS) is 14.5. The fourth-order valence-electron chi connectivity index (χ4n) is 3.29. The van der Waals surface area contributed by atoms with E-state index in [0.29, 0.717) is 43.2 Å². The molecule has 0 unspecified atom stereocenters. The van der Waals surface area contributed by atoms with Crippen molar-refractivity contribution in [2.45, 2.75) is 6.92 Å². The van der Waals surface area contributed by atoms with Gasteiger partial charge in [-0.1, -0.05) is 0 Å². The lowest BCUT2D eigenvalue weighted by molar-refractivity contribution is -0.895. The molecule has 0 aliphatic carbocycles. The molecule has 0 bridgehead atoms. The lowest BCUT2D eigenvalue weighted by Gasteiger charge is -2.31. The van der Waals surface area contributed by atoms with Crippen LogP contribution in [0.15, 0.2) is 34.9 Å². The summed E-state index contributed by atoms with van der Waals surface area (Å²) in [4.78, 5) is 38.1. The molecule has 29 heavy (non-hydrogen) atoms. The highest BCUT2D eigenvalue weighted by atomic mass is 16.6. The van der Waals surface area contributed by atoms with Gasteiger partial charge in [-0.05, 0) is 24.6 Å². The van der Waals surface area contributed by atoms with Crippen molar-refractivity contribution in [3.8, 4) is 5.75 Å². The highest BCUT2D eigenvalue weighted by Crippen LogP contribution is 2.32. The Morgan fingerprint density at radius 1 is 1.34 bits per heavy atom. The average molecular weight is 403 g/mol. The Morgan fingerprint density at radius 3 is 2.66 bits per heavy atom. The van der Waals surface area contributed by atoms with E-state index in [1.807, 2.05) is 0 Å². The SMILES string of the molecule is COc1cc(NC(=O)C[NH+]2CCN(C(=O)c3ccco3)CC2)c(C)cc1[N+](=O)[O-]. The molecule has 1 aromatic carbocycles. The van der Waals surface area contributed by atoms with Crippen LogP contribution in [0.5, 0.6) is 5.75 Å². The number of nitro groups is 1. The standard InChI is InChI=1S/C19H22N4O6/c1-13-10-15(23(26)27)17(28-2)11-14(13)20-18(24)12-21-5-7-22(8-6-21)19(25)16-4-3-9-29-16/h3-4,9-11H,5-8,12H2,1-2H3,(H,20,24)/p+1. The number of nitrogens with zero attached hydrogens (tertiary/aromatic N) is 2.